The molecule has 0 N–H and O–H groups in total. The zero-order valence-electron chi connectivity index (χ0n) is 20.2. The number of pyridine rings is 1. The maximum atomic E-state index is 13.5. The number of rotatable bonds is 6. The van der Waals surface area contributed by atoms with E-state index in [1.165, 1.54) is 60.4 Å². The average molecular weight is 550 g/mol. The van der Waals surface area contributed by atoms with Crippen LogP contribution in [0.15, 0.2) is 94.9 Å². The molecular weight excluding hydrogens is 530 g/mol. The van der Waals surface area contributed by atoms with Crippen molar-refractivity contribution in [1.29, 1.82) is 0 Å². The molecule has 0 atom stereocenters. The number of ether oxygens (including phenoxy) is 1. The molecule has 0 fully saturated rings. The van der Waals surface area contributed by atoms with Gasteiger partial charge in [0.25, 0.3) is 21.3 Å². The van der Waals surface area contributed by atoms with E-state index < -0.39 is 20.5 Å². The smallest absolute Gasteiger partial charge is 0.275 e. The quantitative estimate of drug-likeness (QED) is 0.192. The summed E-state index contributed by atoms with van der Waals surface area (Å²) in [5.74, 6) is 0.706. The standard InChI is InChI=1S/C27H20ClN3O6S/c1-17-3-10-21(11-4-17)38(35,36)30-14-13-22-24(16-29(2)27(32)26(22)30)23-15-19(31(33)34)7-12-25(23)37-20-8-5-18(28)6-9-20/h3-16H,1-2H3. The summed E-state index contributed by atoms with van der Waals surface area (Å²) in [6, 6.07) is 18.5. The Morgan fingerprint density at radius 1 is 0.947 bits per heavy atom. The molecule has 0 aliphatic carbocycles. The van der Waals surface area contributed by atoms with E-state index in [4.69, 9.17) is 16.3 Å². The van der Waals surface area contributed by atoms with Crippen LogP contribution in [0, 0.1) is 17.0 Å². The molecule has 0 saturated carbocycles. The summed E-state index contributed by atoms with van der Waals surface area (Å²) in [4.78, 5) is 24.3. The number of aryl methyl sites for hydroxylation is 2. The maximum Gasteiger partial charge on any atom is 0.275 e. The van der Waals surface area contributed by atoms with Gasteiger partial charge in [-0.15, -0.1) is 0 Å². The largest absolute Gasteiger partial charge is 0.457 e. The molecule has 0 aliphatic heterocycles. The molecule has 2 heterocycles. The van der Waals surface area contributed by atoms with Crippen LogP contribution in [0.5, 0.6) is 11.5 Å². The number of hydrogen-bond acceptors (Lipinski definition) is 6. The zero-order chi connectivity index (χ0) is 27.2. The van der Waals surface area contributed by atoms with Crippen molar-refractivity contribution >= 4 is 38.2 Å². The number of halogens is 1. The lowest BCUT2D eigenvalue weighted by molar-refractivity contribution is -0.384. The van der Waals surface area contributed by atoms with Gasteiger partial charge in [-0.3, -0.25) is 14.9 Å². The molecular formula is C27H20ClN3O6S. The van der Waals surface area contributed by atoms with Crippen LogP contribution in [-0.2, 0) is 17.1 Å². The highest BCUT2D eigenvalue weighted by Gasteiger charge is 2.25. The van der Waals surface area contributed by atoms with E-state index in [0.717, 1.165) is 9.54 Å². The van der Waals surface area contributed by atoms with E-state index in [0.29, 0.717) is 27.3 Å². The Kier molecular flexibility index (Phi) is 6.29. The third-order valence-corrected chi connectivity index (χ3v) is 8.01. The van der Waals surface area contributed by atoms with E-state index in [9.17, 15) is 23.3 Å². The number of non-ortho nitro benzene ring substituents is 1. The number of nitro benzene ring substituents is 1. The number of fused-ring (bicyclic) bond motifs is 1. The average Bonchev–Trinajstić information content (AvgIpc) is 3.34. The van der Waals surface area contributed by atoms with Gasteiger partial charge in [0.05, 0.1) is 9.82 Å². The minimum Gasteiger partial charge on any atom is -0.457 e. The zero-order valence-corrected chi connectivity index (χ0v) is 21.7. The van der Waals surface area contributed by atoms with Crippen LogP contribution in [-0.4, -0.2) is 21.9 Å². The second-order valence-corrected chi connectivity index (χ2v) is 10.9. The third-order valence-electron chi connectivity index (χ3n) is 6.07. The summed E-state index contributed by atoms with van der Waals surface area (Å²) in [7, 11) is -2.63. The van der Waals surface area contributed by atoms with Crippen molar-refractivity contribution < 1.29 is 18.1 Å². The molecule has 5 aromatic rings. The van der Waals surface area contributed by atoms with E-state index in [-0.39, 0.29) is 21.8 Å². The topological polar surface area (TPSA) is 113 Å². The first-order valence-electron chi connectivity index (χ1n) is 11.3. The Morgan fingerprint density at radius 2 is 1.63 bits per heavy atom. The highest BCUT2D eigenvalue weighted by molar-refractivity contribution is 7.90. The predicted molar refractivity (Wildman–Crippen MR) is 145 cm³/mol. The lowest BCUT2D eigenvalue weighted by Gasteiger charge is -2.14. The van der Waals surface area contributed by atoms with Crippen LogP contribution in [0.3, 0.4) is 0 Å². The first-order chi connectivity index (χ1) is 18.1. The molecule has 0 bridgehead atoms. The second kappa shape index (κ2) is 9.47. The molecule has 38 heavy (non-hydrogen) atoms. The van der Waals surface area contributed by atoms with Gasteiger partial charge in [0.15, 0.2) is 0 Å². The highest BCUT2D eigenvalue weighted by Crippen LogP contribution is 2.39. The molecule has 11 heteroatoms. The summed E-state index contributed by atoms with van der Waals surface area (Å²) in [6.45, 7) is 1.84. The minimum atomic E-state index is -4.11. The molecule has 0 unspecified atom stereocenters. The van der Waals surface area contributed by atoms with Gasteiger partial charge in [0.1, 0.15) is 17.0 Å². The Bertz CT molecular complexity index is 1880. The van der Waals surface area contributed by atoms with Crippen LogP contribution >= 0.6 is 11.6 Å². The summed E-state index contributed by atoms with van der Waals surface area (Å²) >= 11 is 5.97. The van der Waals surface area contributed by atoms with E-state index in [1.807, 2.05) is 6.92 Å². The van der Waals surface area contributed by atoms with Crippen molar-refractivity contribution in [2.75, 3.05) is 0 Å². The van der Waals surface area contributed by atoms with Gasteiger partial charge in [0.2, 0.25) is 0 Å². The normalized spacial score (nSPS) is 11.6. The molecule has 0 aliphatic rings. The van der Waals surface area contributed by atoms with Gasteiger partial charge in [-0.05, 0) is 55.5 Å². The van der Waals surface area contributed by atoms with Crippen LogP contribution < -0.4 is 10.3 Å². The maximum absolute atomic E-state index is 13.5. The van der Waals surface area contributed by atoms with Gasteiger partial charge in [-0.25, -0.2) is 12.4 Å². The van der Waals surface area contributed by atoms with E-state index in [2.05, 4.69) is 0 Å². The van der Waals surface area contributed by atoms with Gasteiger partial charge in [-0.1, -0.05) is 29.3 Å². The number of nitrogens with zero attached hydrogens (tertiary/aromatic N) is 3. The second-order valence-electron chi connectivity index (χ2n) is 8.64. The van der Waals surface area contributed by atoms with E-state index in [1.54, 1.807) is 36.4 Å². The van der Waals surface area contributed by atoms with Crippen LogP contribution in [0.25, 0.3) is 22.0 Å². The Balaban J connectivity index is 1.75. The minimum absolute atomic E-state index is 0.0233. The molecule has 0 radical (unpaired) electrons. The number of hydrogen-bond donors (Lipinski definition) is 0. The van der Waals surface area contributed by atoms with Crippen molar-refractivity contribution in [3.05, 3.63) is 116 Å². The monoisotopic (exact) mass is 549 g/mol. The van der Waals surface area contributed by atoms with E-state index >= 15 is 0 Å². The van der Waals surface area contributed by atoms with Gasteiger partial charge < -0.3 is 9.30 Å². The van der Waals surface area contributed by atoms with Crippen LogP contribution in [0.4, 0.5) is 5.69 Å². The fourth-order valence-electron chi connectivity index (χ4n) is 4.13. The molecule has 9 nitrogen and oxygen atoms in total. The lowest BCUT2D eigenvalue weighted by atomic mass is 10.0. The third kappa shape index (κ3) is 4.44. The molecule has 2 aromatic heterocycles. The highest BCUT2D eigenvalue weighted by atomic mass is 35.5. The molecule has 0 amide bonds. The fraction of sp³-hybridized carbons (Fsp3) is 0.0741. The Labute approximate surface area is 222 Å². The molecule has 0 saturated heterocycles. The van der Waals surface area contributed by atoms with Crippen molar-refractivity contribution in [3.8, 4) is 22.6 Å². The van der Waals surface area contributed by atoms with Crippen LogP contribution in [0.1, 0.15) is 5.56 Å². The molecule has 3 aromatic carbocycles. The predicted octanol–water partition coefficient (Wildman–Crippen LogP) is 5.91. The molecule has 5 rings (SSSR count). The SMILES string of the molecule is Cc1ccc(S(=O)(=O)n2ccc3c(-c4cc([N+](=O)[O-])ccc4Oc4ccc(Cl)cc4)cn(C)c(=O)c32)cc1. The molecule has 0 spiro atoms. The summed E-state index contributed by atoms with van der Waals surface area (Å²) < 4.78 is 35.2. The first kappa shape index (κ1) is 25.2. The van der Waals surface area contributed by atoms with Crippen molar-refractivity contribution in [2.24, 2.45) is 7.05 Å². The van der Waals surface area contributed by atoms with Crippen LogP contribution in [0.2, 0.25) is 5.02 Å². The van der Waals surface area contributed by atoms with Crippen molar-refractivity contribution in [3.63, 3.8) is 0 Å². The van der Waals surface area contributed by atoms with Crippen molar-refractivity contribution in [2.45, 2.75) is 11.8 Å². The summed E-state index contributed by atoms with van der Waals surface area (Å²) in [6.07, 6.45) is 2.81. The lowest BCUT2D eigenvalue weighted by Crippen LogP contribution is -2.22. The van der Waals surface area contributed by atoms with Gasteiger partial charge >= 0.3 is 0 Å². The Morgan fingerprint density at radius 3 is 2.29 bits per heavy atom. The van der Waals surface area contributed by atoms with Crippen molar-refractivity contribution in [1.82, 2.24) is 8.54 Å². The first-order valence-corrected chi connectivity index (χ1v) is 13.1. The van der Waals surface area contributed by atoms with Gasteiger partial charge in [-0.2, -0.15) is 0 Å². The molecule has 192 valence electrons. The number of aromatic nitrogens is 2. The van der Waals surface area contributed by atoms with Gasteiger partial charge in [0, 0.05) is 53.1 Å². The fourth-order valence-corrected chi connectivity index (χ4v) is 5.60. The number of benzene rings is 3. The number of nitro groups is 1. The summed E-state index contributed by atoms with van der Waals surface area (Å²) in [5, 5.41) is 12.4. The Hall–Kier alpha value is -4.41. The summed E-state index contributed by atoms with van der Waals surface area (Å²) in [5.41, 5.74) is 0.744.